The van der Waals surface area contributed by atoms with Gasteiger partial charge in [0.1, 0.15) is 16.2 Å². The largest absolute Gasteiger partial charge is 0.302 e. The lowest BCUT2D eigenvalue weighted by molar-refractivity contribution is -0.115. The Morgan fingerprint density at radius 3 is 3.10 bits per heavy atom. The Balaban J connectivity index is 1.58. The van der Waals surface area contributed by atoms with Gasteiger partial charge in [0.2, 0.25) is 5.91 Å². The summed E-state index contributed by atoms with van der Waals surface area (Å²) in [5.41, 5.74) is 0. The lowest BCUT2D eigenvalue weighted by Gasteiger charge is -2.02. The third-order valence-electron chi connectivity index (χ3n) is 2.66. The Morgan fingerprint density at radius 1 is 1.38 bits per heavy atom. The molecule has 3 rings (SSSR count). The number of rotatable bonds is 5. The topological polar surface area (TPSA) is 67.8 Å². The summed E-state index contributed by atoms with van der Waals surface area (Å²) in [6.45, 7) is 2.06. The molecule has 8 heteroatoms. The van der Waals surface area contributed by atoms with Crippen LogP contribution in [0.2, 0.25) is 0 Å². The average Bonchev–Trinajstić information content (AvgIpc) is 3.07. The molecule has 0 radical (unpaired) electrons. The first-order valence-electron chi connectivity index (χ1n) is 6.25. The molecule has 0 atom stereocenters. The Kier molecular flexibility index (Phi) is 4.47. The molecule has 3 aromatic rings. The molecule has 0 fully saturated rings. The molecule has 3 heterocycles. The third kappa shape index (κ3) is 3.58. The number of aromatic nitrogens is 3. The van der Waals surface area contributed by atoms with Gasteiger partial charge in [-0.3, -0.25) is 4.79 Å². The molecule has 0 bridgehead atoms. The Bertz CT molecular complexity index is 754. The lowest BCUT2D eigenvalue weighted by Crippen LogP contribution is -2.11. The molecule has 0 spiro atoms. The van der Waals surface area contributed by atoms with Gasteiger partial charge >= 0.3 is 0 Å². The van der Waals surface area contributed by atoms with Gasteiger partial charge in [-0.1, -0.05) is 0 Å². The zero-order valence-electron chi connectivity index (χ0n) is 11.2. The number of thiophene rings is 1. The van der Waals surface area contributed by atoms with E-state index in [1.807, 2.05) is 5.38 Å². The molecule has 1 amide bonds. The molecule has 0 aliphatic heterocycles. The van der Waals surface area contributed by atoms with Gasteiger partial charge in [-0.2, -0.15) is 0 Å². The van der Waals surface area contributed by atoms with Crippen LogP contribution in [0.5, 0.6) is 0 Å². The van der Waals surface area contributed by atoms with E-state index in [4.69, 9.17) is 0 Å². The summed E-state index contributed by atoms with van der Waals surface area (Å²) >= 11 is 4.66. The van der Waals surface area contributed by atoms with Crippen molar-refractivity contribution < 1.29 is 4.79 Å². The van der Waals surface area contributed by atoms with Crippen LogP contribution < -0.4 is 5.32 Å². The maximum atomic E-state index is 11.8. The van der Waals surface area contributed by atoms with E-state index in [1.165, 1.54) is 16.2 Å². The van der Waals surface area contributed by atoms with Gasteiger partial charge in [-0.05, 0) is 13.0 Å². The van der Waals surface area contributed by atoms with Crippen LogP contribution >= 0.6 is 34.4 Å². The molecule has 0 aliphatic rings. The fourth-order valence-electron chi connectivity index (χ4n) is 1.78. The third-order valence-corrected chi connectivity index (χ3v) is 5.32. The highest BCUT2D eigenvalue weighted by Crippen LogP contribution is 2.30. The molecular weight excluding hydrogens is 324 g/mol. The van der Waals surface area contributed by atoms with Crippen LogP contribution in [0.25, 0.3) is 10.2 Å². The van der Waals surface area contributed by atoms with E-state index < -0.39 is 0 Å². The van der Waals surface area contributed by atoms with E-state index in [9.17, 15) is 4.79 Å². The smallest absolute Gasteiger partial charge is 0.226 e. The molecule has 0 aromatic carbocycles. The van der Waals surface area contributed by atoms with Crippen LogP contribution in [0, 0.1) is 6.92 Å². The fourth-order valence-corrected chi connectivity index (χ4v) is 4.15. The van der Waals surface area contributed by atoms with Crippen LogP contribution in [0.15, 0.2) is 29.0 Å². The molecule has 0 aliphatic carbocycles. The predicted molar refractivity (Wildman–Crippen MR) is 88.2 cm³/mol. The van der Waals surface area contributed by atoms with Crippen molar-refractivity contribution in [3.63, 3.8) is 0 Å². The summed E-state index contributed by atoms with van der Waals surface area (Å²) < 4.78 is 0. The second kappa shape index (κ2) is 6.50. The van der Waals surface area contributed by atoms with Crippen molar-refractivity contribution in [2.24, 2.45) is 0 Å². The SMILES string of the molecule is Cc1cc2c(SCCC(=O)Nc3nccs3)ncnc2s1. The number of thiazole rings is 1. The van der Waals surface area contributed by atoms with Gasteiger partial charge < -0.3 is 5.32 Å². The first-order chi connectivity index (χ1) is 10.2. The number of hydrogen-bond donors (Lipinski definition) is 1. The zero-order chi connectivity index (χ0) is 14.7. The van der Waals surface area contributed by atoms with Crippen LogP contribution in [0.1, 0.15) is 11.3 Å². The van der Waals surface area contributed by atoms with Crippen molar-refractivity contribution in [2.75, 3.05) is 11.1 Å². The second-order valence-electron chi connectivity index (χ2n) is 4.24. The molecule has 0 saturated carbocycles. The molecule has 5 nitrogen and oxygen atoms in total. The van der Waals surface area contributed by atoms with Crippen molar-refractivity contribution in [3.8, 4) is 0 Å². The van der Waals surface area contributed by atoms with Crippen molar-refractivity contribution >= 4 is 55.7 Å². The van der Waals surface area contributed by atoms with Crippen LogP contribution in [-0.2, 0) is 4.79 Å². The van der Waals surface area contributed by atoms with E-state index in [1.54, 1.807) is 35.6 Å². The summed E-state index contributed by atoms with van der Waals surface area (Å²) in [5, 5.41) is 7.26. The molecule has 0 saturated heterocycles. The molecule has 108 valence electrons. The molecule has 1 N–H and O–H groups in total. The highest BCUT2D eigenvalue weighted by atomic mass is 32.2. The van der Waals surface area contributed by atoms with Crippen molar-refractivity contribution in [1.29, 1.82) is 0 Å². The van der Waals surface area contributed by atoms with Crippen molar-refractivity contribution in [2.45, 2.75) is 18.4 Å². The predicted octanol–water partition coefficient (Wildman–Crippen LogP) is 3.58. The maximum Gasteiger partial charge on any atom is 0.226 e. The van der Waals surface area contributed by atoms with Gasteiger partial charge in [0.05, 0.1) is 0 Å². The summed E-state index contributed by atoms with van der Waals surface area (Å²) in [6, 6.07) is 2.10. The first kappa shape index (κ1) is 14.4. The lowest BCUT2D eigenvalue weighted by atomic mass is 10.4. The molecule has 0 unspecified atom stereocenters. The van der Waals surface area contributed by atoms with Crippen LogP contribution in [-0.4, -0.2) is 26.6 Å². The highest BCUT2D eigenvalue weighted by molar-refractivity contribution is 7.99. The first-order valence-corrected chi connectivity index (χ1v) is 8.94. The van der Waals surface area contributed by atoms with Gasteiger partial charge in [-0.15, -0.1) is 34.4 Å². The molecular formula is C13H12N4OS3. The molecule has 3 aromatic heterocycles. The minimum absolute atomic E-state index is 0.0238. The van der Waals surface area contributed by atoms with Crippen LogP contribution in [0.4, 0.5) is 5.13 Å². The number of amides is 1. The van der Waals surface area contributed by atoms with Gasteiger partial charge in [0.15, 0.2) is 5.13 Å². The minimum atomic E-state index is -0.0238. The number of hydrogen-bond acceptors (Lipinski definition) is 7. The second-order valence-corrected chi connectivity index (χ2v) is 7.45. The van der Waals surface area contributed by atoms with E-state index >= 15 is 0 Å². The van der Waals surface area contributed by atoms with Gasteiger partial charge in [0.25, 0.3) is 0 Å². The number of nitrogens with zero attached hydrogens (tertiary/aromatic N) is 3. The number of aryl methyl sites for hydroxylation is 1. The van der Waals surface area contributed by atoms with E-state index in [0.717, 1.165) is 15.2 Å². The number of carbonyl (C=O) groups excluding carboxylic acids is 1. The van der Waals surface area contributed by atoms with Gasteiger partial charge in [-0.25, -0.2) is 15.0 Å². The average molecular weight is 336 g/mol. The number of thioether (sulfide) groups is 1. The zero-order valence-corrected chi connectivity index (χ0v) is 13.6. The Morgan fingerprint density at radius 2 is 2.29 bits per heavy atom. The normalized spacial score (nSPS) is 10.9. The Labute approximate surface area is 133 Å². The number of carbonyl (C=O) groups is 1. The van der Waals surface area contributed by atoms with E-state index in [0.29, 0.717) is 17.3 Å². The van der Waals surface area contributed by atoms with E-state index in [2.05, 4.69) is 33.3 Å². The quantitative estimate of drug-likeness (QED) is 0.570. The summed E-state index contributed by atoms with van der Waals surface area (Å²) in [7, 11) is 0. The fraction of sp³-hybridized carbons (Fsp3) is 0.231. The number of anilines is 1. The highest BCUT2D eigenvalue weighted by Gasteiger charge is 2.09. The Hall–Kier alpha value is -1.51. The monoisotopic (exact) mass is 336 g/mol. The summed E-state index contributed by atoms with van der Waals surface area (Å²) in [5.74, 6) is 0.655. The summed E-state index contributed by atoms with van der Waals surface area (Å²) in [6.07, 6.45) is 3.68. The molecule has 21 heavy (non-hydrogen) atoms. The standard InChI is InChI=1S/C13H12N4OS3/c1-8-6-9-11(15-7-16-12(9)21-8)19-4-2-10(18)17-13-14-3-5-20-13/h3,5-7H,2,4H2,1H3,(H,14,17,18). The van der Waals surface area contributed by atoms with Crippen molar-refractivity contribution in [3.05, 3.63) is 28.8 Å². The van der Waals surface area contributed by atoms with Crippen molar-refractivity contribution in [1.82, 2.24) is 15.0 Å². The van der Waals surface area contributed by atoms with E-state index in [-0.39, 0.29) is 5.91 Å². The summed E-state index contributed by atoms with van der Waals surface area (Å²) in [4.78, 5) is 26.6. The maximum absolute atomic E-state index is 11.8. The van der Waals surface area contributed by atoms with Crippen LogP contribution in [0.3, 0.4) is 0 Å². The number of nitrogens with one attached hydrogen (secondary N) is 1. The minimum Gasteiger partial charge on any atom is -0.302 e. The number of fused-ring (bicyclic) bond motifs is 1. The van der Waals surface area contributed by atoms with Gasteiger partial charge in [0, 0.05) is 34.0 Å².